The van der Waals surface area contributed by atoms with Gasteiger partial charge in [0.15, 0.2) is 0 Å². The zero-order chi connectivity index (χ0) is 25.5. The maximum Gasteiger partial charge on any atom is 0.262 e. The molecule has 0 fully saturated rings. The Morgan fingerprint density at radius 1 is 1.03 bits per heavy atom. The second-order valence-electron chi connectivity index (χ2n) is 8.35. The van der Waals surface area contributed by atoms with E-state index in [4.69, 9.17) is 9.47 Å². The van der Waals surface area contributed by atoms with E-state index in [1.807, 2.05) is 54.6 Å². The summed E-state index contributed by atoms with van der Waals surface area (Å²) in [6, 6.07) is 22.5. The van der Waals surface area contributed by atoms with Crippen LogP contribution in [0.5, 0.6) is 5.75 Å². The standard InChI is InChI=1S/C28H28FN3O4/c1-35-16-15-31(28(34)23-13-6-7-14-24(23)29)19-27(33)32-26(20-9-4-3-5-10-20)18-25(30-32)21-11-8-12-22(17-21)36-2/h3-14,17,26H,15-16,18-19H2,1-2H3/t26-/m1/s1. The predicted molar refractivity (Wildman–Crippen MR) is 134 cm³/mol. The lowest BCUT2D eigenvalue weighted by atomic mass is 9.98. The summed E-state index contributed by atoms with van der Waals surface area (Å²) in [5.41, 5.74) is 2.42. The number of amides is 2. The van der Waals surface area contributed by atoms with Crippen LogP contribution in [0, 0.1) is 5.82 Å². The molecule has 36 heavy (non-hydrogen) atoms. The van der Waals surface area contributed by atoms with Crippen LogP contribution in [0.4, 0.5) is 4.39 Å². The smallest absolute Gasteiger partial charge is 0.262 e. The Hall–Kier alpha value is -4.04. The normalized spacial score (nSPS) is 14.9. The lowest BCUT2D eigenvalue weighted by Gasteiger charge is -2.27. The van der Waals surface area contributed by atoms with Gasteiger partial charge in [-0.2, -0.15) is 5.10 Å². The fraction of sp³-hybridized carbons (Fsp3) is 0.250. The van der Waals surface area contributed by atoms with Crippen molar-refractivity contribution in [1.82, 2.24) is 9.91 Å². The largest absolute Gasteiger partial charge is 0.497 e. The van der Waals surface area contributed by atoms with Crippen molar-refractivity contribution >= 4 is 17.5 Å². The molecule has 0 saturated heterocycles. The highest BCUT2D eigenvalue weighted by molar-refractivity contribution is 6.04. The zero-order valence-electron chi connectivity index (χ0n) is 20.3. The third-order valence-corrected chi connectivity index (χ3v) is 6.04. The SMILES string of the molecule is COCCN(CC(=O)N1N=C(c2cccc(OC)c2)C[C@@H]1c1ccccc1)C(=O)c1ccccc1F. The third kappa shape index (κ3) is 5.60. The van der Waals surface area contributed by atoms with Gasteiger partial charge in [-0.15, -0.1) is 0 Å². The van der Waals surface area contributed by atoms with Crippen molar-refractivity contribution in [3.05, 3.63) is 101 Å². The highest BCUT2D eigenvalue weighted by Gasteiger charge is 2.34. The molecule has 1 heterocycles. The van der Waals surface area contributed by atoms with Gasteiger partial charge in [0.2, 0.25) is 0 Å². The van der Waals surface area contributed by atoms with Gasteiger partial charge in [-0.3, -0.25) is 9.59 Å². The van der Waals surface area contributed by atoms with Crippen molar-refractivity contribution in [3.63, 3.8) is 0 Å². The first-order chi connectivity index (χ1) is 17.5. The number of ether oxygens (including phenoxy) is 2. The summed E-state index contributed by atoms with van der Waals surface area (Å²) >= 11 is 0. The minimum Gasteiger partial charge on any atom is -0.497 e. The molecule has 186 valence electrons. The van der Waals surface area contributed by atoms with Gasteiger partial charge in [-0.1, -0.05) is 54.6 Å². The van der Waals surface area contributed by atoms with Gasteiger partial charge in [0, 0.05) is 25.6 Å². The molecule has 0 N–H and O–H groups in total. The van der Waals surface area contributed by atoms with E-state index in [1.54, 1.807) is 13.2 Å². The van der Waals surface area contributed by atoms with Crippen LogP contribution >= 0.6 is 0 Å². The summed E-state index contributed by atoms with van der Waals surface area (Å²) in [7, 11) is 3.10. The summed E-state index contributed by atoms with van der Waals surface area (Å²) in [6.45, 7) is 0.0639. The van der Waals surface area contributed by atoms with Crippen molar-refractivity contribution in [2.45, 2.75) is 12.5 Å². The average molecular weight is 490 g/mol. The van der Waals surface area contributed by atoms with E-state index in [1.165, 1.54) is 35.2 Å². The molecule has 2 amide bonds. The third-order valence-electron chi connectivity index (χ3n) is 6.04. The highest BCUT2D eigenvalue weighted by Crippen LogP contribution is 2.33. The van der Waals surface area contributed by atoms with Crippen LogP contribution in [0.1, 0.15) is 33.9 Å². The first-order valence-electron chi connectivity index (χ1n) is 11.6. The van der Waals surface area contributed by atoms with Gasteiger partial charge in [0.25, 0.3) is 11.8 Å². The Labute approximate surface area is 209 Å². The van der Waals surface area contributed by atoms with E-state index in [-0.39, 0.29) is 37.2 Å². The quantitative estimate of drug-likeness (QED) is 0.449. The summed E-state index contributed by atoms with van der Waals surface area (Å²) in [5.74, 6) is -0.898. The lowest BCUT2D eigenvalue weighted by molar-refractivity contribution is -0.133. The van der Waals surface area contributed by atoms with Gasteiger partial charge in [-0.25, -0.2) is 9.40 Å². The number of hydrogen-bond acceptors (Lipinski definition) is 5. The van der Waals surface area contributed by atoms with Crippen LogP contribution in [-0.2, 0) is 9.53 Å². The molecule has 0 radical (unpaired) electrons. The molecule has 3 aromatic rings. The summed E-state index contributed by atoms with van der Waals surface area (Å²) in [5, 5.41) is 6.11. The molecule has 0 spiro atoms. The number of rotatable bonds is 9. The van der Waals surface area contributed by atoms with Crippen LogP contribution < -0.4 is 4.74 Å². The highest BCUT2D eigenvalue weighted by atomic mass is 19.1. The molecule has 0 saturated carbocycles. The molecule has 4 rings (SSSR count). The van der Waals surface area contributed by atoms with E-state index in [9.17, 15) is 14.0 Å². The van der Waals surface area contributed by atoms with E-state index in [0.717, 1.165) is 16.8 Å². The van der Waals surface area contributed by atoms with Gasteiger partial charge in [0.05, 0.1) is 31.0 Å². The molecule has 1 aliphatic rings. The van der Waals surface area contributed by atoms with Crippen LogP contribution in [0.3, 0.4) is 0 Å². The maximum atomic E-state index is 14.3. The zero-order valence-corrected chi connectivity index (χ0v) is 20.3. The minimum absolute atomic E-state index is 0.0944. The molecule has 1 aliphatic heterocycles. The van der Waals surface area contributed by atoms with Crippen LogP contribution in [0.15, 0.2) is 84.0 Å². The summed E-state index contributed by atoms with van der Waals surface area (Å²) in [4.78, 5) is 28.0. The maximum absolute atomic E-state index is 14.3. The topological polar surface area (TPSA) is 71.4 Å². The monoisotopic (exact) mass is 489 g/mol. The predicted octanol–water partition coefficient (Wildman–Crippen LogP) is 4.30. The van der Waals surface area contributed by atoms with Gasteiger partial charge >= 0.3 is 0 Å². The molecule has 1 atom stereocenters. The van der Waals surface area contributed by atoms with Crippen molar-refractivity contribution < 1.29 is 23.5 Å². The molecule has 7 nitrogen and oxygen atoms in total. The molecule has 0 bridgehead atoms. The van der Waals surface area contributed by atoms with E-state index >= 15 is 0 Å². The number of benzene rings is 3. The van der Waals surface area contributed by atoms with Crippen LogP contribution in [0.2, 0.25) is 0 Å². The summed E-state index contributed by atoms with van der Waals surface area (Å²) in [6.07, 6.45) is 0.502. The van der Waals surface area contributed by atoms with E-state index < -0.39 is 11.7 Å². The fourth-order valence-electron chi connectivity index (χ4n) is 4.15. The number of hydrazone groups is 1. The number of hydrogen-bond donors (Lipinski definition) is 0. The Balaban J connectivity index is 1.63. The minimum atomic E-state index is -0.640. The molecular formula is C28H28FN3O4. The number of nitrogens with zero attached hydrogens (tertiary/aromatic N) is 3. The van der Waals surface area contributed by atoms with E-state index in [2.05, 4.69) is 5.10 Å². The van der Waals surface area contributed by atoms with Crippen molar-refractivity contribution in [1.29, 1.82) is 0 Å². The first-order valence-corrected chi connectivity index (χ1v) is 11.6. The Bertz CT molecular complexity index is 1250. The molecule has 0 aliphatic carbocycles. The second kappa shape index (κ2) is 11.6. The number of carbonyl (C=O) groups excluding carboxylic acids is 2. The van der Waals surface area contributed by atoms with Crippen molar-refractivity contribution in [2.75, 3.05) is 33.9 Å². The molecule has 3 aromatic carbocycles. The number of halogens is 1. The first kappa shape index (κ1) is 25.1. The number of carbonyl (C=O) groups is 2. The van der Waals surface area contributed by atoms with Gasteiger partial charge in [-0.05, 0) is 29.8 Å². The van der Waals surface area contributed by atoms with Gasteiger partial charge in [0.1, 0.15) is 18.1 Å². The molecule has 0 unspecified atom stereocenters. The Morgan fingerprint density at radius 2 is 1.78 bits per heavy atom. The number of methoxy groups -OCH3 is 2. The molecule has 8 heteroatoms. The Morgan fingerprint density at radius 3 is 2.50 bits per heavy atom. The van der Waals surface area contributed by atoms with Crippen LogP contribution in [-0.4, -0.2) is 61.4 Å². The molecular weight excluding hydrogens is 461 g/mol. The van der Waals surface area contributed by atoms with Crippen molar-refractivity contribution in [2.24, 2.45) is 5.10 Å². The fourth-order valence-corrected chi connectivity index (χ4v) is 4.15. The summed E-state index contributed by atoms with van der Waals surface area (Å²) < 4.78 is 24.8. The molecule has 0 aromatic heterocycles. The van der Waals surface area contributed by atoms with Gasteiger partial charge < -0.3 is 14.4 Å². The average Bonchev–Trinajstić information content (AvgIpc) is 3.37. The second-order valence-corrected chi connectivity index (χ2v) is 8.35. The lowest BCUT2D eigenvalue weighted by Crippen LogP contribution is -2.43. The van der Waals surface area contributed by atoms with E-state index in [0.29, 0.717) is 12.2 Å². The van der Waals surface area contributed by atoms with Crippen molar-refractivity contribution in [3.8, 4) is 5.75 Å². The Kier molecular flexibility index (Phi) is 8.07. The van der Waals surface area contributed by atoms with Crippen LogP contribution in [0.25, 0.3) is 0 Å².